The van der Waals surface area contributed by atoms with Gasteiger partial charge in [-0.25, -0.2) is 0 Å². The van der Waals surface area contributed by atoms with Gasteiger partial charge in [-0.15, -0.1) is 0 Å². The van der Waals surface area contributed by atoms with Crippen molar-refractivity contribution in [3.8, 4) is 0 Å². The van der Waals surface area contributed by atoms with Gasteiger partial charge in [0.1, 0.15) is 0 Å². The van der Waals surface area contributed by atoms with Crippen molar-refractivity contribution in [1.82, 2.24) is 0 Å². The zero-order chi connectivity index (χ0) is 13.5. The molecule has 0 saturated carbocycles. The lowest BCUT2D eigenvalue weighted by Gasteiger charge is -2.10. The minimum Gasteiger partial charge on any atom is -0.0625 e. The molecular formula is C18H36. The summed E-state index contributed by atoms with van der Waals surface area (Å²) >= 11 is 0. The first-order valence-corrected chi connectivity index (χ1v) is 8.39. The van der Waals surface area contributed by atoms with E-state index in [1.807, 2.05) is 0 Å². The van der Waals surface area contributed by atoms with Gasteiger partial charge in [0.25, 0.3) is 0 Å². The Morgan fingerprint density at radius 3 is 1.39 bits per heavy atom. The van der Waals surface area contributed by atoms with Crippen LogP contribution in [-0.4, -0.2) is 0 Å². The predicted octanol–water partition coefficient (Wildman–Crippen LogP) is 6.75. The maximum absolute atomic E-state index is 3.90. The molecule has 0 aromatic rings. The third-order valence-corrected chi connectivity index (χ3v) is 3.89. The van der Waals surface area contributed by atoms with Crippen LogP contribution in [-0.2, 0) is 0 Å². The quantitative estimate of drug-likeness (QED) is 0.300. The van der Waals surface area contributed by atoms with Crippen LogP contribution in [0.15, 0.2) is 0 Å². The summed E-state index contributed by atoms with van der Waals surface area (Å²) in [5.41, 5.74) is 0. The van der Waals surface area contributed by atoms with Crippen molar-refractivity contribution in [2.24, 2.45) is 5.92 Å². The highest BCUT2D eigenvalue weighted by Crippen LogP contribution is 2.17. The molecule has 0 saturated heterocycles. The van der Waals surface area contributed by atoms with Gasteiger partial charge in [0.05, 0.1) is 0 Å². The van der Waals surface area contributed by atoms with E-state index in [-0.39, 0.29) is 0 Å². The van der Waals surface area contributed by atoms with E-state index in [0.717, 1.165) is 18.8 Å². The molecule has 0 N–H and O–H groups in total. The first-order chi connectivity index (χ1) is 8.81. The van der Waals surface area contributed by atoms with Crippen molar-refractivity contribution in [1.29, 1.82) is 0 Å². The van der Waals surface area contributed by atoms with Crippen molar-refractivity contribution in [3.63, 3.8) is 0 Å². The zero-order valence-corrected chi connectivity index (χ0v) is 12.9. The Labute approximate surface area is 117 Å². The molecule has 1 unspecified atom stereocenters. The van der Waals surface area contributed by atoms with E-state index in [9.17, 15) is 0 Å². The first-order valence-electron chi connectivity index (χ1n) is 8.39. The van der Waals surface area contributed by atoms with Gasteiger partial charge < -0.3 is 0 Å². The van der Waals surface area contributed by atoms with Crippen molar-refractivity contribution in [2.45, 2.75) is 96.8 Å². The fourth-order valence-electron chi connectivity index (χ4n) is 2.54. The molecule has 0 aliphatic carbocycles. The molecule has 18 heavy (non-hydrogen) atoms. The van der Waals surface area contributed by atoms with Crippen LogP contribution in [0.3, 0.4) is 0 Å². The van der Waals surface area contributed by atoms with Gasteiger partial charge >= 0.3 is 0 Å². The maximum Gasteiger partial charge on any atom is -0.0443 e. The molecule has 0 aromatic carbocycles. The molecule has 0 aliphatic rings. The standard InChI is InChI=1S/C18H36/c1-4-6-8-9-10-11-12-13-15-17-18(3)16-14-7-5-2/h18H,1-2,4-17H2,3H3. The Kier molecular flexibility index (Phi) is 15.1. The molecule has 0 aliphatic heterocycles. The van der Waals surface area contributed by atoms with Gasteiger partial charge in [-0.05, 0) is 5.92 Å². The van der Waals surface area contributed by atoms with E-state index in [4.69, 9.17) is 0 Å². The molecule has 0 rings (SSSR count). The van der Waals surface area contributed by atoms with Crippen LogP contribution in [0.2, 0.25) is 0 Å². The molecule has 0 heterocycles. The van der Waals surface area contributed by atoms with Crippen molar-refractivity contribution in [3.05, 3.63) is 13.8 Å². The lowest BCUT2D eigenvalue weighted by atomic mass is 9.96. The average Bonchev–Trinajstić information content (AvgIpc) is 2.37. The van der Waals surface area contributed by atoms with Gasteiger partial charge in [0.2, 0.25) is 0 Å². The second kappa shape index (κ2) is 15.1. The Morgan fingerprint density at radius 2 is 0.889 bits per heavy atom. The molecule has 0 fully saturated rings. The second-order valence-corrected chi connectivity index (χ2v) is 5.93. The smallest absolute Gasteiger partial charge is 0.0443 e. The summed E-state index contributed by atoms with van der Waals surface area (Å²) in [6, 6.07) is 0. The lowest BCUT2D eigenvalue weighted by molar-refractivity contribution is 0.437. The minimum atomic E-state index is 0.939. The molecule has 108 valence electrons. The molecular weight excluding hydrogens is 216 g/mol. The van der Waals surface area contributed by atoms with Crippen LogP contribution in [0.4, 0.5) is 0 Å². The van der Waals surface area contributed by atoms with Crippen LogP contribution in [0, 0.1) is 19.8 Å². The van der Waals surface area contributed by atoms with Gasteiger partial charge in [0.15, 0.2) is 0 Å². The van der Waals surface area contributed by atoms with E-state index in [1.54, 1.807) is 0 Å². The van der Waals surface area contributed by atoms with Gasteiger partial charge in [0, 0.05) is 0 Å². The summed E-state index contributed by atoms with van der Waals surface area (Å²) in [5, 5.41) is 0. The third kappa shape index (κ3) is 14.1. The third-order valence-electron chi connectivity index (χ3n) is 3.89. The van der Waals surface area contributed by atoms with E-state index in [0.29, 0.717) is 0 Å². The summed E-state index contributed by atoms with van der Waals surface area (Å²) in [5.74, 6) is 0.939. The maximum atomic E-state index is 3.90. The SMILES string of the molecule is [CH2]CCCCCCCCCCC(C)CCCC[CH2]. The van der Waals surface area contributed by atoms with Crippen LogP contribution < -0.4 is 0 Å². The van der Waals surface area contributed by atoms with Gasteiger partial charge in [-0.1, -0.05) is 111 Å². The first kappa shape index (κ1) is 18.0. The van der Waals surface area contributed by atoms with Crippen molar-refractivity contribution in [2.75, 3.05) is 0 Å². The highest BCUT2D eigenvalue weighted by molar-refractivity contribution is 4.56. The molecule has 0 amide bonds. The average molecular weight is 252 g/mol. The fourth-order valence-corrected chi connectivity index (χ4v) is 2.54. The Balaban J connectivity index is 3.05. The highest BCUT2D eigenvalue weighted by atomic mass is 14.1. The summed E-state index contributed by atoms with van der Waals surface area (Å²) in [6.07, 6.45) is 19.2. The van der Waals surface area contributed by atoms with Crippen LogP contribution >= 0.6 is 0 Å². The number of unbranched alkanes of at least 4 members (excludes halogenated alkanes) is 10. The molecule has 0 aromatic heterocycles. The van der Waals surface area contributed by atoms with Crippen LogP contribution in [0.5, 0.6) is 0 Å². The molecule has 1 atom stereocenters. The summed E-state index contributed by atoms with van der Waals surface area (Å²) in [6.45, 7) is 10.2. The topological polar surface area (TPSA) is 0 Å². The Bertz CT molecular complexity index is 139. The minimum absolute atomic E-state index is 0.939. The summed E-state index contributed by atoms with van der Waals surface area (Å²) in [4.78, 5) is 0. The van der Waals surface area contributed by atoms with Crippen LogP contribution in [0.1, 0.15) is 96.8 Å². The van der Waals surface area contributed by atoms with Gasteiger partial charge in [-0.3, -0.25) is 0 Å². The summed E-state index contributed by atoms with van der Waals surface area (Å²) < 4.78 is 0. The number of hydrogen-bond acceptors (Lipinski definition) is 0. The molecule has 2 radical (unpaired) electrons. The summed E-state index contributed by atoms with van der Waals surface area (Å²) in [7, 11) is 0. The molecule has 0 nitrogen and oxygen atoms in total. The predicted molar refractivity (Wildman–Crippen MR) is 84.5 cm³/mol. The fraction of sp³-hybridized carbons (Fsp3) is 0.889. The molecule has 0 bridgehead atoms. The van der Waals surface area contributed by atoms with E-state index < -0.39 is 0 Å². The van der Waals surface area contributed by atoms with Crippen molar-refractivity contribution < 1.29 is 0 Å². The van der Waals surface area contributed by atoms with Crippen molar-refractivity contribution >= 4 is 0 Å². The number of hydrogen-bond donors (Lipinski definition) is 0. The monoisotopic (exact) mass is 252 g/mol. The lowest BCUT2D eigenvalue weighted by Crippen LogP contribution is -1.94. The normalized spacial score (nSPS) is 12.8. The van der Waals surface area contributed by atoms with Crippen LogP contribution in [0.25, 0.3) is 0 Å². The second-order valence-electron chi connectivity index (χ2n) is 5.93. The Hall–Kier alpha value is 0. The molecule has 0 spiro atoms. The number of rotatable bonds is 14. The zero-order valence-electron chi connectivity index (χ0n) is 12.9. The Morgan fingerprint density at radius 1 is 0.556 bits per heavy atom. The molecule has 0 heteroatoms. The largest absolute Gasteiger partial charge is 0.0625 e. The van der Waals surface area contributed by atoms with Gasteiger partial charge in [-0.2, -0.15) is 0 Å². The van der Waals surface area contributed by atoms with E-state index in [2.05, 4.69) is 20.8 Å². The van der Waals surface area contributed by atoms with E-state index in [1.165, 1.54) is 77.0 Å². The van der Waals surface area contributed by atoms with E-state index >= 15 is 0 Å². The highest BCUT2D eigenvalue weighted by Gasteiger charge is 2.01.